The zero-order chi connectivity index (χ0) is 6.85. The van der Waals surface area contributed by atoms with Crippen LogP contribution in [0.3, 0.4) is 0 Å². The highest BCUT2D eigenvalue weighted by molar-refractivity contribution is 7.03. The summed E-state index contributed by atoms with van der Waals surface area (Å²) in [6.45, 7) is 0. The number of nitrogens with one attached hydrogen (secondary N) is 1. The first-order valence-corrected chi connectivity index (χ1v) is 3.21. The fourth-order valence-corrected chi connectivity index (χ4v) is 0.930. The monoisotopic (exact) mass is 145 g/mol. The third-order valence-corrected chi connectivity index (χ3v) is 1.38. The van der Waals surface area contributed by atoms with Crippen LogP contribution in [0.1, 0.15) is 0 Å². The molecule has 0 spiro atoms. The summed E-state index contributed by atoms with van der Waals surface area (Å²) in [5, 5.41) is 0. The fraction of sp³-hybridized carbons (Fsp3) is 0.500. The quantitative estimate of drug-likeness (QED) is 0.600. The molecule has 1 aromatic rings. The van der Waals surface area contributed by atoms with Gasteiger partial charge in [-0.05, 0) is 0 Å². The van der Waals surface area contributed by atoms with Gasteiger partial charge in [0.15, 0.2) is 0 Å². The number of aromatic nitrogens is 2. The topological polar surface area (TPSA) is 49.0 Å². The van der Waals surface area contributed by atoms with E-state index >= 15 is 0 Å². The second-order valence-electron chi connectivity index (χ2n) is 1.81. The number of anilines is 1. The van der Waals surface area contributed by atoms with E-state index in [1.807, 2.05) is 14.1 Å². The molecular weight excluding hydrogens is 138 g/mol. The van der Waals surface area contributed by atoms with Crippen molar-refractivity contribution < 1.29 is 0 Å². The van der Waals surface area contributed by atoms with Crippen molar-refractivity contribution in [2.75, 3.05) is 19.0 Å². The van der Waals surface area contributed by atoms with Crippen molar-refractivity contribution in [2.24, 2.45) is 0 Å². The molecular formula is C4H7N3OS. The van der Waals surface area contributed by atoms with E-state index in [2.05, 4.69) is 9.36 Å². The first kappa shape index (κ1) is 6.28. The van der Waals surface area contributed by atoms with Crippen LogP contribution in [0.15, 0.2) is 4.79 Å². The Kier molecular flexibility index (Phi) is 1.52. The highest BCUT2D eigenvalue weighted by Crippen LogP contribution is 1.97. The maximum Gasteiger partial charge on any atom is 0.325 e. The van der Waals surface area contributed by atoms with Gasteiger partial charge >= 0.3 is 4.87 Å². The fourth-order valence-electron chi connectivity index (χ4n) is 0.415. The van der Waals surface area contributed by atoms with Gasteiger partial charge in [0.2, 0.25) is 5.95 Å². The summed E-state index contributed by atoms with van der Waals surface area (Å²) in [7, 11) is 3.65. The highest BCUT2D eigenvalue weighted by Gasteiger charge is 1.97. The molecule has 0 fully saturated rings. The second kappa shape index (κ2) is 2.18. The molecule has 1 N–H and O–H groups in total. The van der Waals surface area contributed by atoms with E-state index in [1.165, 1.54) is 0 Å². The van der Waals surface area contributed by atoms with Crippen molar-refractivity contribution in [3.63, 3.8) is 0 Å². The second-order valence-corrected chi connectivity index (χ2v) is 2.55. The van der Waals surface area contributed by atoms with Crippen LogP contribution in [0.4, 0.5) is 5.95 Å². The van der Waals surface area contributed by atoms with E-state index < -0.39 is 0 Å². The Morgan fingerprint density at radius 3 is 2.56 bits per heavy atom. The average Bonchev–Trinajstić information content (AvgIpc) is 2.14. The molecule has 0 saturated heterocycles. The van der Waals surface area contributed by atoms with Gasteiger partial charge in [-0.2, -0.15) is 4.37 Å². The van der Waals surface area contributed by atoms with Gasteiger partial charge in [-0.3, -0.25) is 9.78 Å². The molecule has 0 aliphatic heterocycles. The Hall–Kier alpha value is -0.840. The van der Waals surface area contributed by atoms with Crippen LogP contribution >= 0.6 is 11.5 Å². The summed E-state index contributed by atoms with van der Waals surface area (Å²) in [5.74, 6) is 0.616. The number of H-pyrrole nitrogens is 1. The molecule has 50 valence electrons. The zero-order valence-corrected chi connectivity index (χ0v) is 6.03. The van der Waals surface area contributed by atoms with Gasteiger partial charge < -0.3 is 4.90 Å². The van der Waals surface area contributed by atoms with E-state index in [4.69, 9.17) is 0 Å². The van der Waals surface area contributed by atoms with Gasteiger partial charge in [0.25, 0.3) is 0 Å². The lowest BCUT2D eigenvalue weighted by Gasteiger charge is -2.03. The Labute approximate surface area is 56.3 Å². The largest absolute Gasteiger partial charge is 0.348 e. The van der Waals surface area contributed by atoms with E-state index in [9.17, 15) is 4.79 Å². The molecule has 0 saturated carbocycles. The number of nitrogens with zero attached hydrogens (tertiary/aromatic N) is 2. The molecule has 0 aliphatic rings. The third kappa shape index (κ3) is 1.29. The normalized spacial score (nSPS) is 9.56. The molecule has 4 nitrogen and oxygen atoms in total. The summed E-state index contributed by atoms with van der Waals surface area (Å²) in [5.41, 5.74) is 0. The van der Waals surface area contributed by atoms with Crippen molar-refractivity contribution in [3.05, 3.63) is 9.67 Å². The Balaban J connectivity index is 2.98. The predicted molar refractivity (Wildman–Crippen MR) is 37.1 cm³/mol. The molecule has 0 aliphatic carbocycles. The maximum absolute atomic E-state index is 10.5. The van der Waals surface area contributed by atoms with Crippen LogP contribution in [0, 0.1) is 0 Å². The van der Waals surface area contributed by atoms with Crippen molar-refractivity contribution in [2.45, 2.75) is 0 Å². The van der Waals surface area contributed by atoms with Crippen molar-refractivity contribution in [3.8, 4) is 0 Å². The van der Waals surface area contributed by atoms with Gasteiger partial charge in [-0.25, -0.2) is 0 Å². The van der Waals surface area contributed by atoms with Gasteiger partial charge in [-0.1, -0.05) is 0 Å². The molecule has 0 bridgehead atoms. The van der Waals surface area contributed by atoms with Crippen LogP contribution in [-0.2, 0) is 0 Å². The van der Waals surface area contributed by atoms with Crippen LogP contribution < -0.4 is 9.77 Å². The molecule has 0 amide bonds. The van der Waals surface area contributed by atoms with E-state index in [0.29, 0.717) is 5.95 Å². The SMILES string of the molecule is CN(C)c1nsc(=O)[nH]1. The summed E-state index contributed by atoms with van der Waals surface area (Å²) in [6, 6.07) is 0. The van der Waals surface area contributed by atoms with Crippen molar-refractivity contribution in [1.29, 1.82) is 0 Å². The Morgan fingerprint density at radius 1 is 1.67 bits per heavy atom. The molecule has 0 atom stereocenters. The van der Waals surface area contributed by atoms with Gasteiger partial charge in [0.05, 0.1) is 0 Å². The molecule has 5 heteroatoms. The summed E-state index contributed by atoms with van der Waals surface area (Å²) in [6.07, 6.45) is 0. The summed E-state index contributed by atoms with van der Waals surface area (Å²) >= 11 is 0.930. The van der Waals surface area contributed by atoms with Crippen LogP contribution in [0.2, 0.25) is 0 Å². The van der Waals surface area contributed by atoms with Crippen LogP contribution in [0.25, 0.3) is 0 Å². The maximum atomic E-state index is 10.5. The van der Waals surface area contributed by atoms with Crippen molar-refractivity contribution >= 4 is 17.5 Å². The van der Waals surface area contributed by atoms with Gasteiger partial charge in [0, 0.05) is 25.6 Å². The highest BCUT2D eigenvalue weighted by atomic mass is 32.1. The van der Waals surface area contributed by atoms with E-state index in [0.717, 1.165) is 11.5 Å². The summed E-state index contributed by atoms with van der Waals surface area (Å²) in [4.78, 5) is 14.7. The number of rotatable bonds is 1. The van der Waals surface area contributed by atoms with Crippen LogP contribution in [-0.4, -0.2) is 23.5 Å². The number of aromatic amines is 1. The zero-order valence-electron chi connectivity index (χ0n) is 5.21. The van der Waals surface area contributed by atoms with Gasteiger partial charge in [-0.15, -0.1) is 0 Å². The third-order valence-electron chi connectivity index (χ3n) is 0.852. The lowest BCUT2D eigenvalue weighted by atomic mass is 10.8. The smallest absolute Gasteiger partial charge is 0.325 e. The molecule has 1 aromatic heterocycles. The first-order chi connectivity index (χ1) is 4.20. The molecule has 1 rings (SSSR count). The molecule has 1 heterocycles. The summed E-state index contributed by atoms with van der Waals surface area (Å²) < 4.78 is 3.81. The Bertz CT molecular complexity index is 238. The van der Waals surface area contributed by atoms with E-state index in [-0.39, 0.29) is 4.87 Å². The standard InChI is InChI=1S/C4H7N3OS/c1-7(2)3-5-4(8)9-6-3/h1-2H3,(H,5,6,8). The predicted octanol–water partition coefficient (Wildman–Crippen LogP) is -0.103. The number of hydrogen-bond acceptors (Lipinski definition) is 4. The van der Waals surface area contributed by atoms with E-state index in [1.54, 1.807) is 4.90 Å². The van der Waals surface area contributed by atoms with Crippen molar-refractivity contribution in [1.82, 2.24) is 9.36 Å². The minimum atomic E-state index is -0.112. The molecule has 0 unspecified atom stereocenters. The molecule has 0 aromatic carbocycles. The first-order valence-electron chi connectivity index (χ1n) is 2.43. The minimum Gasteiger partial charge on any atom is -0.348 e. The average molecular weight is 145 g/mol. The molecule has 0 radical (unpaired) electrons. The van der Waals surface area contributed by atoms with Crippen LogP contribution in [0.5, 0.6) is 0 Å². The lowest BCUT2D eigenvalue weighted by Crippen LogP contribution is -2.11. The lowest BCUT2D eigenvalue weighted by molar-refractivity contribution is 1.04. The molecule has 9 heavy (non-hydrogen) atoms. The van der Waals surface area contributed by atoms with Gasteiger partial charge in [0.1, 0.15) is 0 Å². The Morgan fingerprint density at radius 2 is 2.33 bits per heavy atom. The number of hydrogen-bond donors (Lipinski definition) is 1. The minimum absolute atomic E-state index is 0.112.